The number of hydrogen-bond acceptors (Lipinski definition) is 3. The molecule has 0 heterocycles. The Hall–Kier alpha value is -1.47. The van der Waals surface area contributed by atoms with Gasteiger partial charge in [-0.05, 0) is 51.5 Å². The molecule has 0 aliphatic carbocycles. The van der Waals surface area contributed by atoms with Crippen LogP contribution < -0.4 is 10.0 Å². The molecule has 20 heavy (non-hydrogen) atoms. The van der Waals surface area contributed by atoms with Gasteiger partial charge in [-0.3, -0.25) is 4.79 Å². The summed E-state index contributed by atoms with van der Waals surface area (Å²) in [5, 5.41) is 2.64. The molecule has 7 heteroatoms. The van der Waals surface area contributed by atoms with Crippen molar-refractivity contribution in [3.05, 3.63) is 29.6 Å². The summed E-state index contributed by atoms with van der Waals surface area (Å²) in [5.41, 5.74) is -0.150. The number of benzene rings is 1. The number of carbonyl (C=O) groups is 1. The minimum atomic E-state index is -3.84. The zero-order valence-corrected chi connectivity index (χ0v) is 12.8. The lowest BCUT2D eigenvalue weighted by Gasteiger charge is -2.20. The Morgan fingerprint density at radius 3 is 2.40 bits per heavy atom. The van der Waals surface area contributed by atoms with Crippen molar-refractivity contribution in [2.75, 3.05) is 6.54 Å². The van der Waals surface area contributed by atoms with Crippen LogP contribution in [0.5, 0.6) is 0 Å². The molecule has 0 spiro atoms. The molecule has 0 aliphatic heterocycles. The number of carbonyl (C=O) groups excluding carboxylic acids is 1. The first kappa shape index (κ1) is 16.6. The van der Waals surface area contributed by atoms with Crippen LogP contribution in [0.4, 0.5) is 4.39 Å². The molecule has 1 rings (SSSR count). The quantitative estimate of drug-likeness (QED) is 0.881. The van der Waals surface area contributed by atoms with Gasteiger partial charge in [0.2, 0.25) is 15.9 Å². The molecule has 0 bridgehead atoms. The van der Waals surface area contributed by atoms with Gasteiger partial charge < -0.3 is 5.32 Å². The van der Waals surface area contributed by atoms with E-state index in [1.54, 1.807) is 20.8 Å². The molecule has 0 aliphatic rings. The Labute approximate surface area is 118 Å². The van der Waals surface area contributed by atoms with E-state index in [1.807, 2.05) is 0 Å². The third-order valence-electron chi connectivity index (χ3n) is 2.36. The van der Waals surface area contributed by atoms with Crippen molar-refractivity contribution in [3.63, 3.8) is 0 Å². The summed E-state index contributed by atoms with van der Waals surface area (Å²) in [6, 6.07) is 3.37. The van der Waals surface area contributed by atoms with Crippen LogP contribution >= 0.6 is 0 Å². The van der Waals surface area contributed by atoms with Gasteiger partial charge in [-0.2, -0.15) is 0 Å². The highest BCUT2D eigenvalue weighted by Gasteiger charge is 2.20. The molecule has 0 unspecified atom stereocenters. The number of rotatable bonds is 4. The third-order valence-corrected chi connectivity index (χ3v) is 3.93. The Morgan fingerprint density at radius 1 is 1.30 bits per heavy atom. The summed E-state index contributed by atoms with van der Waals surface area (Å²) in [6.07, 6.45) is 0. The summed E-state index contributed by atoms with van der Waals surface area (Å²) in [4.78, 5) is 11.5. The van der Waals surface area contributed by atoms with Gasteiger partial charge in [0.15, 0.2) is 0 Å². The largest absolute Gasteiger partial charge is 0.350 e. The molecule has 1 aromatic rings. The molecule has 112 valence electrons. The summed E-state index contributed by atoms with van der Waals surface area (Å²) in [5.74, 6) is -0.937. The molecule has 0 saturated carbocycles. The molecular weight excluding hydrogens is 283 g/mol. The van der Waals surface area contributed by atoms with Crippen LogP contribution in [0.25, 0.3) is 0 Å². The number of amides is 1. The minimum Gasteiger partial charge on any atom is -0.350 e. The van der Waals surface area contributed by atoms with Crippen LogP contribution in [-0.4, -0.2) is 26.4 Å². The highest BCUT2D eigenvalue weighted by molar-refractivity contribution is 7.89. The van der Waals surface area contributed by atoms with Crippen molar-refractivity contribution in [3.8, 4) is 0 Å². The summed E-state index contributed by atoms with van der Waals surface area (Å²) < 4.78 is 39.2. The third kappa shape index (κ3) is 4.90. The maximum atomic E-state index is 13.0. The van der Waals surface area contributed by atoms with Crippen molar-refractivity contribution in [2.24, 2.45) is 0 Å². The molecule has 1 aromatic carbocycles. The normalized spacial score (nSPS) is 12.2. The molecule has 0 aromatic heterocycles. The molecular formula is C13H19FN2O3S. The van der Waals surface area contributed by atoms with E-state index in [4.69, 9.17) is 0 Å². The fraction of sp³-hybridized carbons (Fsp3) is 0.462. The maximum absolute atomic E-state index is 13.0. The second-order valence-corrected chi connectivity index (χ2v) is 7.27. The molecule has 0 fully saturated rings. The Morgan fingerprint density at radius 2 is 1.90 bits per heavy atom. The van der Waals surface area contributed by atoms with Gasteiger partial charge in [0.1, 0.15) is 5.82 Å². The lowest BCUT2D eigenvalue weighted by Crippen LogP contribution is -2.45. The minimum absolute atomic E-state index is 0.0394. The van der Waals surface area contributed by atoms with E-state index >= 15 is 0 Å². The average Bonchev–Trinajstić information content (AvgIpc) is 2.23. The molecule has 2 N–H and O–H groups in total. The van der Waals surface area contributed by atoms with Crippen LogP contribution in [0.1, 0.15) is 26.3 Å². The Balaban J connectivity index is 2.78. The fourth-order valence-electron chi connectivity index (χ4n) is 1.62. The highest BCUT2D eigenvalue weighted by Crippen LogP contribution is 2.15. The van der Waals surface area contributed by atoms with Gasteiger partial charge in [-0.15, -0.1) is 0 Å². The topological polar surface area (TPSA) is 75.3 Å². The Kier molecular flexibility index (Phi) is 4.88. The number of nitrogens with one attached hydrogen (secondary N) is 2. The van der Waals surface area contributed by atoms with Gasteiger partial charge >= 0.3 is 0 Å². The van der Waals surface area contributed by atoms with Gasteiger partial charge in [0, 0.05) is 5.54 Å². The van der Waals surface area contributed by atoms with Crippen molar-refractivity contribution in [1.82, 2.24) is 10.0 Å². The first-order valence-electron chi connectivity index (χ1n) is 6.08. The van der Waals surface area contributed by atoms with E-state index in [1.165, 1.54) is 13.0 Å². The fourth-order valence-corrected chi connectivity index (χ4v) is 2.82. The molecule has 0 radical (unpaired) electrons. The predicted molar refractivity (Wildman–Crippen MR) is 74.2 cm³/mol. The maximum Gasteiger partial charge on any atom is 0.241 e. The van der Waals surface area contributed by atoms with Crippen LogP contribution in [0.2, 0.25) is 0 Å². The molecule has 5 nitrogen and oxygen atoms in total. The molecule has 0 atom stereocenters. The highest BCUT2D eigenvalue weighted by atomic mass is 32.2. The van der Waals surface area contributed by atoms with E-state index in [9.17, 15) is 17.6 Å². The number of hydrogen-bond donors (Lipinski definition) is 2. The number of sulfonamides is 1. The lowest BCUT2D eigenvalue weighted by atomic mass is 10.1. The van der Waals surface area contributed by atoms with Crippen molar-refractivity contribution < 1.29 is 17.6 Å². The van der Waals surface area contributed by atoms with Gasteiger partial charge in [-0.1, -0.05) is 0 Å². The zero-order valence-electron chi connectivity index (χ0n) is 12.0. The van der Waals surface area contributed by atoms with Gasteiger partial charge in [0.25, 0.3) is 0 Å². The first-order chi connectivity index (χ1) is 9.01. The van der Waals surface area contributed by atoms with Crippen LogP contribution in [-0.2, 0) is 14.8 Å². The monoisotopic (exact) mass is 302 g/mol. The Bertz CT molecular complexity index is 607. The van der Waals surface area contributed by atoms with Crippen molar-refractivity contribution in [2.45, 2.75) is 38.1 Å². The van der Waals surface area contributed by atoms with Gasteiger partial charge in [0.05, 0.1) is 11.4 Å². The van der Waals surface area contributed by atoms with Crippen LogP contribution in [0.3, 0.4) is 0 Å². The number of aryl methyl sites for hydroxylation is 1. The van der Waals surface area contributed by atoms with E-state index in [2.05, 4.69) is 10.0 Å². The first-order valence-corrected chi connectivity index (χ1v) is 7.56. The smallest absolute Gasteiger partial charge is 0.241 e. The number of halogens is 1. The molecule has 0 saturated heterocycles. The summed E-state index contributed by atoms with van der Waals surface area (Å²) in [6.45, 7) is 6.51. The second kappa shape index (κ2) is 5.88. The van der Waals surface area contributed by atoms with E-state index in [0.29, 0.717) is 0 Å². The second-order valence-electron chi connectivity index (χ2n) is 5.53. The lowest BCUT2D eigenvalue weighted by molar-refractivity contribution is -0.121. The van der Waals surface area contributed by atoms with Gasteiger partial charge in [-0.25, -0.2) is 17.5 Å². The standard InChI is InChI=1S/C13H19FN2O3S/c1-9-7-10(14)5-6-11(9)20(18,19)15-8-12(17)16-13(2,3)4/h5-7,15H,8H2,1-4H3,(H,16,17). The van der Waals surface area contributed by atoms with Crippen molar-refractivity contribution in [1.29, 1.82) is 0 Å². The van der Waals surface area contributed by atoms with Crippen LogP contribution in [0.15, 0.2) is 23.1 Å². The summed E-state index contributed by atoms with van der Waals surface area (Å²) >= 11 is 0. The van der Waals surface area contributed by atoms with Crippen LogP contribution in [0, 0.1) is 12.7 Å². The predicted octanol–water partition coefficient (Wildman–Crippen LogP) is 1.33. The van der Waals surface area contributed by atoms with E-state index in [0.717, 1.165) is 12.1 Å². The van der Waals surface area contributed by atoms with E-state index in [-0.39, 0.29) is 17.0 Å². The summed E-state index contributed by atoms with van der Waals surface area (Å²) in [7, 11) is -3.84. The van der Waals surface area contributed by atoms with E-state index < -0.39 is 27.3 Å². The zero-order chi connectivity index (χ0) is 15.6. The molecule has 1 amide bonds. The SMILES string of the molecule is Cc1cc(F)ccc1S(=O)(=O)NCC(=O)NC(C)(C)C. The average molecular weight is 302 g/mol. The van der Waals surface area contributed by atoms with Crippen molar-refractivity contribution >= 4 is 15.9 Å².